The van der Waals surface area contributed by atoms with E-state index < -0.39 is 0 Å². The summed E-state index contributed by atoms with van der Waals surface area (Å²) in [7, 11) is 0. The highest BCUT2D eigenvalue weighted by molar-refractivity contribution is 5.90. The predicted octanol–water partition coefficient (Wildman–Crippen LogP) is 4.09. The van der Waals surface area contributed by atoms with Crippen LogP contribution in [0.4, 0.5) is 5.69 Å². The molecule has 1 fully saturated rings. The molecule has 3 aromatic rings. The molecule has 29 heavy (non-hydrogen) atoms. The number of amides is 1. The summed E-state index contributed by atoms with van der Waals surface area (Å²) in [5, 5.41) is 6.29. The summed E-state index contributed by atoms with van der Waals surface area (Å²) in [5.74, 6) is 1.45. The predicted molar refractivity (Wildman–Crippen MR) is 119 cm³/mol. The van der Waals surface area contributed by atoms with Crippen LogP contribution in [0.2, 0.25) is 0 Å². The number of anilines is 1. The Morgan fingerprint density at radius 2 is 2.03 bits per heavy atom. The van der Waals surface area contributed by atoms with Crippen molar-refractivity contribution >= 4 is 42.1 Å². The third-order valence-corrected chi connectivity index (χ3v) is 4.88. The third-order valence-electron chi connectivity index (χ3n) is 4.88. The van der Waals surface area contributed by atoms with Gasteiger partial charge in [0.05, 0.1) is 5.69 Å². The van der Waals surface area contributed by atoms with Crippen LogP contribution in [0, 0.1) is 5.92 Å². The van der Waals surface area contributed by atoms with Crippen LogP contribution in [0.15, 0.2) is 54.9 Å². The van der Waals surface area contributed by atoms with Gasteiger partial charge in [-0.15, -0.1) is 24.8 Å². The standard InChI is InChI=1S/C21H24N4O2.2ClH/c26-21(9-4-16-10-11-22-13-16)24-17-5-7-19(8-6-17)27-15-18-14-25-12-2-1-3-20(25)23-18;;/h1-3,5-8,12,14,16,22H,4,9-11,13,15H2,(H,24,26);2*1H. The maximum Gasteiger partial charge on any atom is 0.224 e. The van der Waals surface area contributed by atoms with Gasteiger partial charge < -0.3 is 19.8 Å². The van der Waals surface area contributed by atoms with Crippen LogP contribution in [-0.4, -0.2) is 28.4 Å². The largest absolute Gasteiger partial charge is 0.487 e. The maximum absolute atomic E-state index is 12.1. The number of pyridine rings is 1. The van der Waals surface area contributed by atoms with E-state index in [0.29, 0.717) is 18.9 Å². The molecule has 0 saturated carbocycles. The first-order valence-electron chi connectivity index (χ1n) is 9.42. The molecule has 1 amide bonds. The number of nitrogens with one attached hydrogen (secondary N) is 2. The Morgan fingerprint density at radius 3 is 2.76 bits per heavy atom. The summed E-state index contributed by atoms with van der Waals surface area (Å²) in [6.07, 6.45) is 6.61. The van der Waals surface area contributed by atoms with Gasteiger partial charge in [0, 0.05) is 24.5 Å². The van der Waals surface area contributed by atoms with Crippen LogP contribution < -0.4 is 15.4 Å². The van der Waals surface area contributed by atoms with Gasteiger partial charge in [0.1, 0.15) is 18.0 Å². The van der Waals surface area contributed by atoms with Crippen molar-refractivity contribution in [2.45, 2.75) is 25.9 Å². The number of fused-ring (bicyclic) bond motifs is 1. The molecule has 8 heteroatoms. The molecule has 1 atom stereocenters. The van der Waals surface area contributed by atoms with E-state index in [1.807, 2.05) is 59.3 Å². The second kappa shape index (κ2) is 11.0. The Balaban J connectivity index is 0.00000150. The van der Waals surface area contributed by atoms with Crippen molar-refractivity contribution in [3.05, 3.63) is 60.6 Å². The molecule has 4 rings (SSSR count). The number of imidazole rings is 1. The average molecular weight is 437 g/mol. The number of hydrogen-bond donors (Lipinski definition) is 2. The Bertz CT molecular complexity index is 875. The van der Waals surface area contributed by atoms with E-state index in [1.165, 1.54) is 6.42 Å². The van der Waals surface area contributed by atoms with E-state index in [0.717, 1.165) is 42.3 Å². The number of ether oxygens (including phenoxy) is 1. The van der Waals surface area contributed by atoms with Gasteiger partial charge in [-0.25, -0.2) is 4.98 Å². The molecule has 1 aliphatic rings. The third kappa shape index (κ3) is 6.35. The second-order valence-electron chi connectivity index (χ2n) is 6.96. The number of nitrogens with zero attached hydrogens (tertiary/aromatic N) is 2. The van der Waals surface area contributed by atoms with Gasteiger partial charge >= 0.3 is 0 Å². The average Bonchev–Trinajstić information content (AvgIpc) is 3.35. The van der Waals surface area contributed by atoms with Gasteiger partial charge in [0.25, 0.3) is 0 Å². The highest BCUT2D eigenvalue weighted by Crippen LogP contribution is 2.19. The van der Waals surface area contributed by atoms with Crippen molar-refractivity contribution in [2.24, 2.45) is 5.92 Å². The molecule has 0 aliphatic carbocycles. The monoisotopic (exact) mass is 436 g/mol. The Hall–Kier alpha value is -2.28. The lowest BCUT2D eigenvalue weighted by Crippen LogP contribution is -2.14. The minimum absolute atomic E-state index is 0. The minimum Gasteiger partial charge on any atom is -0.487 e. The minimum atomic E-state index is 0. The van der Waals surface area contributed by atoms with E-state index >= 15 is 0 Å². The molecule has 2 N–H and O–H groups in total. The molecule has 3 heterocycles. The summed E-state index contributed by atoms with van der Waals surface area (Å²) < 4.78 is 7.77. The molecule has 2 aromatic heterocycles. The lowest BCUT2D eigenvalue weighted by Gasteiger charge is -2.09. The number of carbonyl (C=O) groups excluding carboxylic acids is 1. The molecule has 1 aromatic carbocycles. The van der Waals surface area contributed by atoms with Gasteiger partial charge in [-0.3, -0.25) is 4.79 Å². The van der Waals surface area contributed by atoms with E-state index in [-0.39, 0.29) is 30.7 Å². The summed E-state index contributed by atoms with van der Waals surface area (Å²) in [4.78, 5) is 16.6. The zero-order chi connectivity index (χ0) is 18.5. The number of rotatable bonds is 7. The summed E-state index contributed by atoms with van der Waals surface area (Å²) >= 11 is 0. The van der Waals surface area contributed by atoms with Crippen LogP contribution in [-0.2, 0) is 11.4 Å². The van der Waals surface area contributed by atoms with Crippen LogP contribution in [0.5, 0.6) is 5.75 Å². The fourth-order valence-electron chi connectivity index (χ4n) is 3.37. The van der Waals surface area contributed by atoms with Crippen molar-refractivity contribution in [3.63, 3.8) is 0 Å². The van der Waals surface area contributed by atoms with Gasteiger partial charge in [-0.2, -0.15) is 0 Å². The number of hydrogen-bond acceptors (Lipinski definition) is 4. The quantitative estimate of drug-likeness (QED) is 0.585. The van der Waals surface area contributed by atoms with Gasteiger partial charge in [-0.1, -0.05) is 6.07 Å². The number of benzene rings is 1. The second-order valence-corrected chi connectivity index (χ2v) is 6.96. The first-order chi connectivity index (χ1) is 13.3. The summed E-state index contributed by atoms with van der Waals surface area (Å²) in [5.41, 5.74) is 2.58. The van der Waals surface area contributed by atoms with Gasteiger partial charge in [-0.05, 0) is 68.2 Å². The van der Waals surface area contributed by atoms with E-state index in [1.54, 1.807) is 0 Å². The lowest BCUT2D eigenvalue weighted by molar-refractivity contribution is -0.116. The Labute approximate surface area is 182 Å². The Morgan fingerprint density at radius 1 is 1.21 bits per heavy atom. The van der Waals surface area contributed by atoms with Crippen LogP contribution >= 0.6 is 24.8 Å². The van der Waals surface area contributed by atoms with Crippen molar-refractivity contribution in [1.29, 1.82) is 0 Å². The van der Waals surface area contributed by atoms with E-state index in [9.17, 15) is 4.79 Å². The first kappa shape index (κ1) is 23.0. The maximum atomic E-state index is 12.1. The fourth-order valence-corrected chi connectivity index (χ4v) is 3.37. The highest BCUT2D eigenvalue weighted by atomic mass is 35.5. The first-order valence-corrected chi connectivity index (χ1v) is 9.42. The molecule has 156 valence electrons. The molecule has 0 radical (unpaired) electrons. The highest BCUT2D eigenvalue weighted by Gasteiger charge is 2.15. The zero-order valence-electron chi connectivity index (χ0n) is 16.0. The van der Waals surface area contributed by atoms with E-state index in [4.69, 9.17) is 4.74 Å². The number of aromatic nitrogens is 2. The zero-order valence-corrected chi connectivity index (χ0v) is 17.7. The van der Waals surface area contributed by atoms with Crippen molar-refractivity contribution < 1.29 is 9.53 Å². The molecular formula is C21H26Cl2N4O2. The summed E-state index contributed by atoms with van der Waals surface area (Å²) in [6, 6.07) is 13.4. The van der Waals surface area contributed by atoms with Crippen LogP contribution in [0.25, 0.3) is 5.65 Å². The molecular weight excluding hydrogens is 411 g/mol. The molecule has 1 unspecified atom stereocenters. The van der Waals surface area contributed by atoms with Crippen molar-refractivity contribution in [1.82, 2.24) is 14.7 Å². The molecule has 0 spiro atoms. The van der Waals surface area contributed by atoms with Crippen molar-refractivity contribution in [2.75, 3.05) is 18.4 Å². The lowest BCUT2D eigenvalue weighted by atomic mass is 10.0. The normalized spacial score (nSPS) is 15.4. The smallest absolute Gasteiger partial charge is 0.224 e. The van der Waals surface area contributed by atoms with Crippen molar-refractivity contribution in [3.8, 4) is 5.75 Å². The molecule has 0 bridgehead atoms. The fraction of sp³-hybridized carbons (Fsp3) is 0.333. The number of carbonyl (C=O) groups is 1. The van der Waals surface area contributed by atoms with Gasteiger partial charge in [0.15, 0.2) is 0 Å². The van der Waals surface area contributed by atoms with Crippen LogP contribution in [0.1, 0.15) is 25.0 Å². The number of halogens is 2. The van der Waals surface area contributed by atoms with E-state index in [2.05, 4.69) is 15.6 Å². The van der Waals surface area contributed by atoms with Crippen LogP contribution in [0.3, 0.4) is 0 Å². The molecule has 1 saturated heterocycles. The summed E-state index contributed by atoms with van der Waals surface area (Å²) in [6.45, 7) is 2.51. The molecule has 1 aliphatic heterocycles. The molecule has 6 nitrogen and oxygen atoms in total. The topological polar surface area (TPSA) is 67.7 Å². The van der Waals surface area contributed by atoms with Gasteiger partial charge in [0.2, 0.25) is 5.91 Å². The Kier molecular flexibility index (Phi) is 8.76. The SMILES string of the molecule is Cl.Cl.O=C(CCC1CCNC1)Nc1ccc(OCc2cn3ccccc3n2)cc1.